The first-order valence-corrected chi connectivity index (χ1v) is 8.02. The van der Waals surface area contributed by atoms with E-state index in [2.05, 4.69) is 10.9 Å². The average Bonchev–Trinajstić information content (AvgIpc) is 2.50. The Balaban J connectivity index is 2.10. The molecule has 0 unspecified atom stereocenters. The van der Waals surface area contributed by atoms with E-state index in [4.69, 9.17) is 4.74 Å². The summed E-state index contributed by atoms with van der Waals surface area (Å²) in [7, 11) is 0. The summed E-state index contributed by atoms with van der Waals surface area (Å²) in [4.78, 5) is 36.4. The number of anilines is 1. The van der Waals surface area contributed by atoms with Crippen LogP contribution in [-0.2, 0) is 4.74 Å². The van der Waals surface area contributed by atoms with Crippen molar-refractivity contribution in [1.82, 2.24) is 10.9 Å². The minimum atomic E-state index is -1.02. The maximum absolute atomic E-state index is 12.2. The van der Waals surface area contributed by atoms with Crippen molar-refractivity contribution >= 4 is 23.8 Å². The van der Waals surface area contributed by atoms with E-state index in [-0.39, 0.29) is 5.92 Å². The third kappa shape index (κ3) is 4.62. The Hall–Kier alpha value is -2.77. The van der Waals surface area contributed by atoms with Crippen LogP contribution in [0.3, 0.4) is 0 Å². The zero-order valence-corrected chi connectivity index (χ0v) is 14.8. The first-order chi connectivity index (χ1) is 11.6. The van der Waals surface area contributed by atoms with Gasteiger partial charge in [0.1, 0.15) is 5.60 Å². The lowest BCUT2D eigenvalue weighted by molar-refractivity contribution is 0.0483. The summed E-state index contributed by atoms with van der Waals surface area (Å²) >= 11 is 0. The van der Waals surface area contributed by atoms with Crippen LogP contribution in [0.1, 0.15) is 56.0 Å². The summed E-state index contributed by atoms with van der Waals surface area (Å²) < 4.78 is 5.04. The smallest absolute Gasteiger partial charge is 0.426 e. The van der Waals surface area contributed by atoms with Crippen molar-refractivity contribution in [2.24, 2.45) is 0 Å². The van der Waals surface area contributed by atoms with Gasteiger partial charge in [0.2, 0.25) is 0 Å². The topological polar surface area (TPSA) is 108 Å². The molecule has 1 aliphatic heterocycles. The van der Waals surface area contributed by atoms with E-state index in [0.29, 0.717) is 24.2 Å². The van der Waals surface area contributed by atoms with E-state index >= 15 is 0 Å². The second-order valence-electron chi connectivity index (χ2n) is 6.98. The highest BCUT2D eigenvalue weighted by Crippen LogP contribution is 2.35. The Morgan fingerprint density at radius 3 is 2.52 bits per heavy atom. The van der Waals surface area contributed by atoms with Crippen LogP contribution in [0.4, 0.5) is 15.3 Å². The van der Waals surface area contributed by atoms with E-state index in [9.17, 15) is 19.5 Å². The number of carboxylic acid groups (broad SMARTS) is 1. The van der Waals surface area contributed by atoms with Gasteiger partial charge in [-0.3, -0.25) is 15.1 Å². The summed E-state index contributed by atoms with van der Waals surface area (Å²) in [5, 5.41) is 9.27. The van der Waals surface area contributed by atoms with Gasteiger partial charge in [0.25, 0.3) is 5.91 Å². The molecule has 1 aromatic carbocycles. The molecular formula is C17H23N3O5. The number of benzene rings is 1. The molecular weight excluding hydrogens is 326 g/mol. The van der Waals surface area contributed by atoms with Gasteiger partial charge in [-0.2, -0.15) is 0 Å². The minimum Gasteiger partial charge on any atom is -0.465 e. The molecule has 2 rings (SSSR count). The molecule has 25 heavy (non-hydrogen) atoms. The molecule has 0 fully saturated rings. The SMILES string of the molecule is C[C@H]1CCN(C(=O)O)c2ccc(C(=O)NNC(=O)OC(C)(C)C)cc21. The molecule has 0 saturated carbocycles. The van der Waals surface area contributed by atoms with Crippen LogP contribution in [0, 0.1) is 0 Å². The predicted molar refractivity (Wildman–Crippen MR) is 91.7 cm³/mol. The van der Waals surface area contributed by atoms with Gasteiger partial charge in [-0.1, -0.05) is 6.92 Å². The van der Waals surface area contributed by atoms with Crippen molar-refractivity contribution in [1.29, 1.82) is 0 Å². The summed E-state index contributed by atoms with van der Waals surface area (Å²) in [5.74, 6) is -0.370. The van der Waals surface area contributed by atoms with Crippen LogP contribution in [0.5, 0.6) is 0 Å². The van der Waals surface area contributed by atoms with Gasteiger partial charge in [0.15, 0.2) is 0 Å². The van der Waals surface area contributed by atoms with Gasteiger partial charge in [-0.05, 0) is 56.9 Å². The normalized spacial score (nSPS) is 16.6. The van der Waals surface area contributed by atoms with Crippen LogP contribution < -0.4 is 15.8 Å². The third-order valence-electron chi connectivity index (χ3n) is 3.81. The molecule has 0 radical (unpaired) electrons. The van der Waals surface area contributed by atoms with Crippen molar-refractivity contribution in [2.75, 3.05) is 11.4 Å². The monoisotopic (exact) mass is 349 g/mol. The molecule has 8 nitrogen and oxygen atoms in total. The first kappa shape index (κ1) is 18.6. The Labute approximate surface area is 146 Å². The highest BCUT2D eigenvalue weighted by molar-refractivity contribution is 5.96. The Morgan fingerprint density at radius 1 is 1.24 bits per heavy atom. The van der Waals surface area contributed by atoms with Gasteiger partial charge in [0, 0.05) is 12.1 Å². The van der Waals surface area contributed by atoms with Gasteiger partial charge in [-0.15, -0.1) is 0 Å². The molecule has 0 spiro atoms. The lowest BCUT2D eigenvalue weighted by Crippen LogP contribution is -2.44. The number of rotatable bonds is 1. The number of nitrogens with zero attached hydrogens (tertiary/aromatic N) is 1. The molecule has 1 heterocycles. The summed E-state index contributed by atoms with van der Waals surface area (Å²) in [5.41, 5.74) is 5.51. The van der Waals surface area contributed by atoms with E-state index in [1.54, 1.807) is 32.9 Å². The van der Waals surface area contributed by atoms with Crippen molar-refractivity contribution in [3.8, 4) is 0 Å². The Bertz CT molecular complexity index is 696. The lowest BCUT2D eigenvalue weighted by Gasteiger charge is -2.31. The van der Waals surface area contributed by atoms with E-state index in [1.165, 1.54) is 11.0 Å². The zero-order chi connectivity index (χ0) is 18.8. The minimum absolute atomic E-state index is 0.136. The number of carbonyl (C=O) groups is 3. The Morgan fingerprint density at radius 2 is 1.92 bits per heavy atom. The van der Waals surface area contributed by atoms with E-state index in [0.717, 1.165) is 5.56 Å². The highest BCUT2D eigenvalue weighted by atomic mass is 16.6. The quantitative estimate of drug-likeness (QED) is 0.676. The fourth-order valence-electron chi connectivity index (χ4n) is 2.62. The fourth-order valence-corrected chi connectivity index (χ4v) is 2.62. The molecule has 1 aromatic rings. The van der Waals surface area contributed by atoms with Crippen molar-refractivity contribution in [2.45, 2.75) is 45.6 Å². The van der Waals surface area contributed by atoms with Gasteiger partial charge in [-0.25, -0.2) is 15.0 Å². The average molecular weight is 349 g/mol. The van der Waals surface area contributed by atoms with Gasteiger partial charge >= 0.3 is 12.2 Å². The first-order valence-electron chi connectivity index (χ1n) is 8.02. The number of ether oxygens (including phenoxy) is 1. The Kier molecular flexibility index (Phi) is 5.20. The van der Waals surface area contributed by atoms with Crippen molar-refractivity contribution in [3.63, 3.8) is 0 Å². The van der Waals surface area contributed by atoms with Crippen LogP contribution in [0.2, 0.25) is 0 Å². The molecule has 0 saturated heterocycles. The van der Waals surface area contributed by atoms with Gasteiger partial charge < -0.3 is 9.84 Å². The third-order valence-corrected chi connectivity index (χ3v) is 3.81. The molecule has 1 aliphatic rings. The number of fused-ring (bicyclic) bond motifs is 1. The van der Waals surface area contributed by atoms with Crippen LogP contribution in [0.15, 0.2) is 18.2 Å². The summed E-state index contributed by atoms with van der Waals surface area (Å²) in [6.45, 7) is 7.56. The highest BCUT2D eigenvalue weighted by Gasteiger charge is 2.27. The van der Waals surface area contributed by atoms with E-state index < -0.39 is 23.7 Å². The number of hydrogen-bond donors (Lipinski definition) is 3. The predicted octanol–water partition coefficient (Wildman–Crippen LogP) is 2.85. The molecule has 8 heteroatoms. The molecule has 3 N–H and O–H groups in total. The maximum atomic E-state index is 12.2. The van der Waals surface area contributed by atoms with Crippen LogP contribution in [-0.4, -0.2) is 35.3 Å². The zero-order valence-electron chi connectivity index (χ0n) is 14.8. The number of hydrogen-bond acceptors (Lipinski definition) is 4. The molecule has 1 atom stereocenters. The molecule has 0 aromatic heterocycles. The molecule has 136 valence electrons. The lowest BCUT2D eigenvalue weighted by atomic mass is 9.90. The maximum Gasteiger partial charge on any atom is 0.426 e. The van der Waals surface area contributed by atoms with Crippen LogP contribution >= 0.6 is 0 Å². The van der Waals surface area contributed by atoms with Crippen molar-refractivity contribution in [3.05, 3.63) is 29.3 Å². The second-order valence-corrected chi connectivity index (χ2v) is 6.98. The number of hydrazine groups is 1. The molecule has 0 aliphatic carbocycles. The molecule has 0 bridgehead atoms. The van der Waals surface area contributed by atoms with Crippen molar-refractivity contribution < 1.29 is 24.2 Å². The standard InChI is InChI=1S/C17H23N3O5/c1-10-7-8-20(16(23)24)13-6-5-11(9-12(10)13)14(21)18-19-15(22)25-17(2,3)4/h5-6,9-10H,7-8H2,1-4H3,(H,18,21)(H,19,22)(H,23,24)/t10-/m0/s1. The second kappa shape index (κ2) is 7.00. The number of carbonyl (C=O) groups excluding carboxylic acids is 2. The molecule has 3 amide bonds. The summed E-state index contributed by atoms with van der Waals surface area (Å²) in [6, 6.07) is 4.79. The fraction of sp³-hybridized carbons (Fsp3) is 0.471. The number of amides is 3. The van der Waals surface area contributed by atoms with Gasteiger partial charge in [0.05, 0.1) is 5.69 Å². The number of nitrogens with one attached hydrogen (secondary N) is 2. The summed E-state index contributed by atoms with van der Waals surface area (Å²) in [6.07, 6.45) is -1.10. The largest absolute Gasteiger partial charge is 0.465 e. The van der Waals surface area contributed by atoms with Crippen LogP contribution in [0.25, 0.3) is 0 Å². The van der Waals surface area contributed by atoms with E-state index in [1.807, 2.05) is 6.92 Å².